The van der Waals surface area contributed by atoms with Gasteiger partial charge in [-0.1, -0.05) is 0 Å². The van der Waals surface area contributed by atoms with Crippen LogP contribution >= 0.6 is 0 Å². The lowest BCUT2D eigenvalue weighted by Gasteiger charge is -2.13. The highest BCUT2D eigenvalue weighted by atomic mass is 19.1. The molecule has 19 heavy (non-hydrogen) atoms. The first-order chi connectivity index (χ1) is 9.09. The van der Waals surface area contributed by atoms with Crippen LogP contribution in [-0.4, -0.2) is 30.8 Å². The summed E-state index contributed by atoms with van der Waals surface area (Å²) in [6, 6.07) is 2.57. The molecule has 1 fully saturated rings. The average molecular weight is 268 g/mol. The molecular weight excluding hydrogens is 251 g/mol. The number of carbonyl (C=O) groups is 1. The van der Waals surface area contributed by atoms with Gasteiger partial charge >= 0.3 is 5.97 Å². The number of nitrogens with one attached hydrogen (secondary N) is 1. The smallest absolute Gasteiger partial charge is 0.340 e. The van der Waals surface area contributed by atoms with E-state index in [0.29, 0.717) is 18.2 Å². The summed E-state index contributed by atoms with van der Waals surface area (Å²) in [6.07, 6.45) is 1.91. The van der Waals surface area contributed by atoms with E-state index in [1.807, 2.05) is 0 Å². The van der Waals surface area contributed by atoms with Crippen molar-refractivity contribution in [3.05, 3.63) is 23.5 Å². The number of rotatable bonds is 5. The van der Waals surface area contributed by atoms with Gasteiger partial charge in [-0.25, -0.2) is 9.18 Å². The molecule has 0 bridgehead atoms. The molecule has 0 aromatic heterocycles. The Morgan fingerprint density at radius 2 is 2.37 bits per heavy atom. The van der Waals surface area contributed by atoms with Crippen LogP contribution in [0.3, 0.4) is 0 Å². The van der Waals surface area contributed by atoms with E-state index in [-0.39, 0.29) is 11.3 Å². The largest absolute Gasteiger partial charge is 0.478 e. The van der Waals surface area contributed by atoms with E-state index in [4.69, 9.17) is 15.6 Å². The number of ether oxygens (including phenoxy) is 1. The van der Waals surface area contributed by atoms with Gasteiger partial charge in [0.25, 0.3) is 0 Å². The molecule has 1 aliphatic heterocycles. The maximum atomic E-state index is 13.3. The summed E-state index contributed by atoms with van der Waals surface area (Å²) in [6.45, 7) is 2.15. The third-order valence-electron chi connectivity index (χ3n) is 3.30. The molecule has 1 saturated heterocycles. The Labute approximate surface area is 110 Å². The zero-order chi connectivity index (χ0) is 13.8. The third-order valence-corrected chi connectivity index (χ3v) is 3.30. The number of anilines is 2. The Balaban J connectivity index is 2.02. The number of nitrogen functional groups attached to an aromatic ring is 1. The topological polar surface area (TPSA) is 84.6 Å². The molecule has 104 valence electrons. The maximum absolute atomic E-state index is 13.3. The van der Waals surface area contributed by atoms with E-state index >= 15 is 0 Å². The first-order valence-electron chi connectivity index (χ1n) is 6.22. The standard InChI is InChI=1S/C13H17FN2O3/c14-9-1-2-10(11(12(9)15)13(17)18)16-5-3-8-4-6-19-7-8/h1-2,8,16H,3-7,15H2,(H,17,18). The quantitative estimate of drug-likeness (QED) is 0.711. The zero-order valence-electron chi connectivity index (χ0n) is 10.5. The van der Waals surface area contributed by atoms with Crippen molar-refractivity contribution in [1.29, 1.82) is 0 Å². The van der Waals surface area contributed by atoms with Gasteiger partial charge in [-0.05, 0) is 30.9 Å². The molecule has 1 atom stereocenters. The first kappa shape index (κ1) is 13.6. The van der Waals surface area contributed by atoms with E-state index in [9.17, 15) is 9.18 Å². The molecule has 1 aliphatic rings. The Morgan fingerprint density at radius 1 is 1.58 bits per heavy atom. The average Bonchev–Trinajstić information content (AvgIpc) is 2.86. The summed E-state index contributed by atoms with van der Waals surface area (Å²) in [7, 11) is 0. The van der Waals surface area contributed by atoms with Crippen molar-refractivity contribution in [1.82, 2.24) is 0 Å². The van der Waals surface area contributed by atoms with E-state index in [0.717, 1.165) is 26.1 Å². The van der Waals surface area contributed by atoms with Gasteiger partial charge in [-0.2, -0.15) is 0 Å². The minimum atomic E-state index is -1.23. The van der Waals surface area contributed by atoms with Crippen LogP contribution in [0.1, 0.15) is 23.2 Å². The SMILES string of the molecule is Nc1c(F)ccc(NCCC2CCOC2)c1C(=O)O. The number of benzene rings is 1. The van der Waals surface area contributed by atoms with Crippen LogP contribution in [0.25, 0.3) is 0 Å². The second-order valence-corrected chi connectivity index (χ2v) is 4.63. The number of nitrogens with two attached hydrogens (primary N) is 1. The molecule has 5 nitrogen and oxygen atoms in total. The van der Waals surface area contributed by atoms with Crippen LogP contribution in [0.4, 0.5) is 15.8 Å². The zero-order valence-corrected chi connectivity index (χ0v) is 10.5. The molecule has 0 spiro atoms. The lowest BCUT2D eigenvalue weighted by Crippen LogP contribution is -2.14. The predicted molar refractivity (Wildman–Crippen MR) is 69.8 cm³/mol. The Hall–Kier alpha value is -1.82. The van der Waals surface area contributed by atoms with E-state index < -0.39 is 11.8 Å². The fraction of sp³-hybridized carbons (Fsp3) is 0.462. The molecule has 0 amide bonds. The summed E-state index contributed by atoms with van der Waals surface area (Å²) in [5.41, 5.74) is 5.28. The minimum absolute atomic E-state index is 0.206. The van der Waals surface area contributed by atoms with Gasteiger partial charge in [-0.15, -0.1) is 0 Å². The monoisotopic (exact) mass is 268 g/mol. The van der Waals surface area contributed by atoms with Crippen molar-refractivity contribution in [2.75, 3.05) is 30.8 Å². The van der Waals surface area contributed by atoms with Gasteiger partial charge in [0.2, 0.25) is 0 Å². The van der Waals surface area contributed by atoms with Gasteiger partial charge < -0.3 is 20.9 Å². The number of carboxylic acids is 1. The van der Waals surface area contributed by atoms with Gasteiger partial charge in [0, 0.05) is 19.8 Å². The predicted octanol–water partition coefficient (Wildman–Crippen LogP) is 1.94. The number of carboxylic acid groups (broad SMARTS) is 1. The van der Waals surface area contributed by atoms with Crippen LogP contribution in [-0.2, 0) is 4.74 Å². The molecule has 4 N–H and O–H groups in total. The molecule has 0 saturated carbocycles. The highest BCUT2D eigenvalue weighted by Crippen LogP contribution is 2.25. The van der Waals surface area contributed by atoms with E-state index in [1.165, 1.54) is 12.1 Å². The molecule has 0 aliphatic carbocycles. The fourth-order valence-corrected chi connectivity index (χ4v) is 2.19. The molecule has 6 heteroatoms. The number of hydrogen-bond acceptors (Lipinski definition) is 4. The Kier molecular flexibility index (Phi) is 4.21. The molecule has 2 rings (SSSR count). The maximum Gasteiger partial charge on any atom is 0.340 e. The van der Waals surface area contributed by atoms with E-state index in [2.05, 4.69) is 5.32 Å². The van der Waals surface area contributed by atoms with Crippen molar-refractivity contribution >= 4 is 17.3 Å². The van der Waals surface area contributed by atoms with Gasteiger partial charge in [0.15, 0.2) is 0 Å². The summed E-state index contributed by atoms with van der Waals surface area (Å²) in [5, 5.41) is 12.1. The molecule has 1 aromatic carbocycles. The van der Waals surface area contributed by atoms with Crippen molar-refractivity contribution in [2.24, 2.45) is 5.92 Å². The number of aromatic carboxylic acids is 1. The van der Waals surface area contributed by atoms with Crippen molar-refractivity contribution in [3.8, 4) is 0 Å². The van der Waals surface area contributed by atoms with Crippen LogP contribution in [0, 0.1) is 11.7 Å². The molecule has 1 heterocycles. The van der Waals surface area contributed by atoms with Gasteiger partial charge in [0.05, 0.1) is 11.4 Å². The molecule has 0 radical (unpaired) electrons. The first-order valence-corrected chi connectivity index (χ1v) is 6.22. The second kappa shape index (κ2) is 5.88. The fourth-order valence-electron chi connectivity index (χ4n) is 2.19. The van der Waals surface area contributed by atoms with Crippen LogP contribution in [0.15, 0.2) is 12.1 Å². The highest BCUT2D eigenvalue weighted by molar-refractivity contribution is 6.00. The highest BCUT2D eigenvalue weighted by Gasteiger charge is 2.18. The van der Waals surface area contributed by atoms with Crippen LogP contribution in [0.5, 0.6) is 0 Å². The van der Waals surface area contributed by atoms with Gasteiger partial charge in [-0.3, -0.25) is 0 Å². The Bertz CT molecular complexity index is 473. The summed E-state index contributed by atoms with van der Waals surface area (Å²) in [5.74, 6) is -1.45. The second-order valence-electron chi connectivity index (χ2n) is 4.63. The lowest BCUT2D eigenvalue weighted by molar-refractivity contribution is 0.0698. The van der Waals surface area contributed by atoms with Crippen LogP contribution in [0.2, 0.25) is 0 Å². The van der Waals surface area contributed by atoms with Crippen molar-refractivity contribution in [2.45, 2.75) is 12.8 Å². The van der Waals surface area contributed by atoms with Gasteiger partial charge in [0.1, 0.15) is 11.4 Å². The van der Waals surface area contributed by atoms with Crippen molar-refractivity contribution < 1.29 is 19.0 Å². The van der Waals surface area contributed by atoms with Crippen LogP contribution < -0.4 is 11.1 Å². The molecule has 1 aromatic rings. The number of halogens is 1. The lowest BCUT2D eigenvalue weighted by atomic mass is 10.0. The summed E-state index contributed by atoms with van der Waals surface area (Å²) >= 11 is 0. The molecule has 1 unspecified atom stereocenters. The van der Waals surface area contributed by atoms with Crippen molar-refractivity contribution in [3.63, 3.8) is 0 Å². The summed E-state index contributed by atoms with van der Waals surface area (Å²) in [4.78, 5) is 11.1. The Morgan fingerprint density at radius 3 is 3.00 bits per heavy atom. The molecular formula is C13H17FN2O3. The number of hydrogen-bond donors (Lipinski definition) is 3. The normalized spacial score (nSPS) is 18.5. The minimum Gasteiger partial charge on any atom is -0.478 e. The third kappa shape index (κ3) is 3.14. The van der Waals surface area contributed by atoms with E-state index in [1.54, 1.807) is 0 Å². The summed E-state index contributed by atoms with van der Waals surface area (Å²) < 4.78 is 18.5.